The van der Waals surface area contributed by atoms with Crippen molar-refractivity contribution in [2.24, 2.45) is 7.05 Å². The molecule has 1 aromatic heterocycles. The van der Waals surface area contributed by atoms with Gasteiger partial charge < -0.3 is 15.0 Å². The number of carbonyl (C=O) groups is 2. The van der Waals surface area contributed by atoms with Crippen molar-refractivity contribution in [3.05, 3.63) is 81.8 Å². The van der Waals surface area contributed by atoms with Crippen LogP contribution in [0, 0.1) is 0 Å². The van der Waals surface area contributed by atoms with Gasteiger partial charge in [-0.1, -0.05) is 59.3 Å². The smallest absolute Gasteiger partial charge is 0.366 e. The molecule has 170 valence electrons. The van der Waals surface area contributed by atoms with E-state index in [4.69, 9.17) is 9.26 Å². The summed E-state index contributed by atoms with van der Waals surface area (Å²) in [6, 6.07) is 17.4. The first-order valence-corrected chi connectivity index (χ1v) is 10.6. The van der Waals surface area contributed by atoms with Gasteiger partial charge in [-0.25, -0.2) is 4.79 Å². The van der Waals surface area contributed by atoms with Gasteiger partial charge in [0.1, 0.15) is 12.6 Å². The number of nitrogens with one attached hydrogen (secondary N) is 2. The van der Waals surface area contributed by atoms with E-state index in [0.717, 1.165) is 11.1 Å². The van der Waals surface area contributed by atoms with Crippen molar-refractivity contribution in [1.82, 2.24) is 10.2 Å². The van der Waals surface area contributed by atoms with Crippen molar-refractivity contribution in [2.75, 3.05) is 18.5 Å². The summed E-state index contributed by atoms with van der Waals surface area (Å²) in [5.74, 6) is -0.659. The molecule has 2 aromatic carbocycles. The molecule has 2 heterocycles. The van der Waals surface area contributed by atoms with E-state index in [2.05, 4.69) is 10.6 Å². The highest BCUT2D eigenvalue weighted by Crippen LogP contribution is 2.16. The third-order valence-electron chi connectivity index (χ3n) is 5.36. The second kappa shape index (κ2) is 10.1. The van der Waals surface area contributed by atoms with Crippen molar-refractivity contribution >= 4 is 29.7 Å². The highest BCUT2D eigenvalue weighted by molar-refractivity contribution is 5.95. The van der Waals surface area contributed by atoms with E-state index in [1.54, 1.807) is 7.05 Å². The predicted octanol–water partition coefficient (Wildman–Crippen LogP) is 1.72. The highest BCUT2D eigenvalue weighted by Gasteiger charge is 2.34. The zero-order valence-electron chi connectivity index (χ0n) is 18.2. The molecule has 9 nitrogen and oxygen atoms in total. The van der Waals surface area contributed by atoms with Gasteiger partial charge in [0, 0.05) is 12.2 Å². The first-order valence-electron chi connectivity index (χ1n) is 10.6. The average molecular weight is 449 g/mol. The van der Waals surface area contributed by atoms with Crippen LogP contribution < -0.4 is 15.6 Å². The van der Waals surface area contributed by atoms with Gasteiger partial charge in [-0.15, -0.1) is 0 Å². The van der Waals surface area contributed by atoms with E-state index in [0.29, 0.717) is 17.9 Å². The Morgan fingerprint density at radius 1 is 1.12 bits per heavy atom. The van der Waals surface area contributed by atoms with E-state index in [1.807, 2.05) is 66.7 Å². The molecule has 2 N–H and O–H groups in total. The molecule has 1 unspecified atom stereocenters. The minimum atomic E-state index is -0.900. The molecular formula is C24H25N4O5+. The number of carbonyl (C=O) groups excluding carboxylic acids is 2. The van der Waals surface area contributed by atoms with Crippen molar-refractivity contribution < 1.29 is 23.5 Å². The standard InChI is InChI=1S/C24H24N4O5/c1-27-20(24(31)33-26-27)16-28-13-14-32-21(23(28)30)15-22(29)25-19-11-9-18(10-12-19)8-7-17-5-3-2-4-6-17/h2-12,21H,13-16H2,1H3,(H-,25,26,29,31)/p+1/b8-7+. The number of morpholine rings is 1. The van der Waals surface area contributed by atoms with Crippen molar-refractivity contribution in [2.45, 2.75) is 19.1 Å². The molecular weight excluding hydrogens is 424 g/mol. The Labute approximate surface area is 190 Å². The first kappa shape index (κ1) is 22.2. The Kier molecular flexibility index (Phi) is 6.80. The second-order valence-corrected chi connectivity index (χ2v) is 7.72. The summed E-state index contributed by atoms with van der Waals surface area (Å²) in [5.41, 5.74) is 2.52. The monoisotopic (exact) mass is 449 g/mol. The first-order chi connectivity index (χ1) is 16.0. The van der Waals surface area contributed by atoms with E-state index < -0.39 is 11.7 Å². The van der Waals surface area contributed by atoms with Crippen molar-refractivity contribution in [1.29, 1.82) is 0 Å². The number of benzene rings is 2. The normalized spacial score (nSPS) is 16.3. The van der Waals surface area contributed by atoms with Gasteiger partial charge in [0.05, 0.1) is 13.0 Å². The fourth-order valence-electron chi connectivity index (χ4n) is 3.52. The molecule has 2 amide bonds. The number of H-pyrrole nitrogens is 1. The maximum atomic E-state index is 12.8. The minimum absolute atomic E-state index is 0.0839. The van der Waals surface area contributed by atoms with Crippen molar-refractivity contribution in [3.63, 3.8) is 0 Å². The van der Waals surface area contributed by atoms with Gasteiger partial charge >= 0.3 is 11.3 Å². The Balaban J connectivity index is 1.32. The molecule has 1 aliphatic rings. The molecule has 33 heavy (non-hydrogen) atoms. The number of nitrogens with zero attached hydrogens (tertiary/aromatic N) is 2. The lowest BCUT2D eigenvalue weighted by molar-refractivity contribution is -0.746. The fourth-order valence-corrected chi connectivity index (χ4v) is 3.52. The second-order valence-electron chi connectivity index (χ2n) is 7.72. The van der Waals surface area contributed by atoms with Crippen LogP contribution in [0.25, 0.3) is 12.2 Å². The third-order valence-corrected chi connectivity index (χ3v) is 5.36. The summed E-state index contributed by atoms with van der Waals surface area (Å²) in [7, 11) is 1.62. The Hall–Kier alpha value is -3.98. The minimum Gasteiger partial charge on any atom is -0.366 e. The molecule has 0 spiro atoms. The number of aryl methyl sites for hydroxylation is 1. The Bertz CT molecular complexity index is 1200. The van der Waals surface area contributed by atoms with E-state index >= 15 is 0 Å². The van der Waals surface area contributed by atoms with Gasteiger partial charge in [-0.2, -0.15) is 0 Å². The number of ether oxygens (including phenoxy) is 1. The van der Waals surface area contributed by atoms with Gasteiger partial charge in [-0.05, 0) is 28.5 Å². The number of rotatable bonds is 7. The van der Waals surface area contributed by atoms with Crippen LogP contribution in [0.3, 0.4) is 0 Å². The van der Waals surface area contributed by atoms with Crippen LogP contribution in [-0.4, -0.2) is 41.2 Å². The van der Waals surface area contributed by atoms with Crippen molar-refractivity contribution in [3.8, 4) is 0 Å². The molecule has 0 aliphatic carbocycles. The van der Waals surface area contributed by atoms with Gasteiger partial charge in [0.25, 0.3) is 5.91 Å². The molecule has 1 atom stereocenters. The van der Waals surface area contributed by atoms with E-state index in [-0.39, 0.29) is 31.4 Å². The molecule has 0 radical (unpaired) electrons. The van der Waals surface area contributed by atoms with E-state index in [1.165, 1.54) is 9.58 Å². The summed E-state index contributed by atoms with van der Waals surface area (Å²) >= 11 is 0. The summed E-state index contributed by atoms with van der Waals surface area (Å²) in [6.07, 6.45) is 3.00. The molecule has 0 saturated carbocycles. The zero-order valence-corrected chi connectivity index (χ0v) is 18.2. The molecule has 3 aromatic rings. The fraction of sp³-hybridized carbons (Fsp3) is 0.250. The zero-order chi connectivity index (χ0) is 23.2. The summed E-state index contributed by atoms with van der Waals surface area (Å²) < 4.78 is 11.7. The molecule has 1 saturated heterocycles. The number of hydrogen-bond acceptors (Lipinski definition) is 5. The van der Waals surface area contributed by atoms with Crippen LogP contribution in [-0.2, 0) is 27.9 Å². The van der Waals surface area contributed by atoms with Crippen LogP contribution in [0.15, 0.2) is 63.9 Å². The predicted molar refractivity (Wildman–Crippen MR) is 121 cm³/mol. The molecule has 1 fully saturated rings. The van der Waals surface area contributed by atoms with Gasteiger partial charge in [0.15, 0.2) is 7.05 Å². The van der Waals surface area contributed by atoms with Crippen LogP contribution in [0.2, 0.25) is 0 Å². The SMILES string of the molecule is C[n+]1[nH]oc(=O)c1CN1CCOC(CC(=O)Nc2ccc(/C=C/c3ccccc3)cc2)C1=O. The number of amides is 2. The van der Waals surface area contributed by atoms with Crippen LogP contribution >= 0.6 is 0 Å². The topological polar surface area (TPSA) is 109 Å². The highest BCUT2D eigenvalue weighted by atomic mass is 16.5. The lowest BCUT2D eigenvalue weighted by atomic mass is 10.1. The summed E-state index contributed by atoms with van der Waals surface area (Å²) in [5, 5.41) is 5.23. The molecule has 9 heteroatoms. The largest absolute Gasteiger partial charge is 0.431 e. The molecule has 4 rings (SSSR count). The maximum Gasteiger partial charge on any atom is 0.431 e. The summed E-state index contributed by atoms with van der Waals surface area (Å²) in [4.78, 5) is 38.5. The third kappa shape index (κ3) is 5.64. The number of aromatic amines is 1. The Morgan fingerprint density at radius 3 is 2.48 bits per heavy atom. The quantitative estimate of drug-likeness (QED) is 0.422. The number of aromatic nitrogens is 2. The van der Waals surface area contributed by atoms with Crippen LogP contribution in [0.4, 0.5) is 5.69 Å². The molecule has 0 bridgehead atoms. The Morgan fingerprint density at radius 2 is 1.82 bits per heavy atom. The molecule has 1 aliphatic heterocycles. The van der Waals surface area contributed by atoms with Gasteiger partial charge in [0.2, 0.25) is 5.91 Å². The number of hydrogen-bond donors (Lipinski definition) is 2. The van der Waals surface area contributed by atoms with E-state index in [9.17, 15) is 14.4 Å². The van der Waals surface area contributed by atoms with Gasteiger partial charge in [-0.3, -0.25) is 14.1 Å². The maximum absolute atomic E-state index is 12.8. The number of anilines is 1. The lowest BCUT2D eigenvalue weighted by Gasteiger charge is -2.30. The van der Waals surface area contributed by atoms with Crippen LogP contribution in [0.1, 0.15) is 23.2 Å². The lowest BCUT2D eigenvalue weighted by Crippen LogP contribution is -2.50. The van der Waals surface area contributed by atoms with Crippen LogP contribution in [0.5, 0.6) is 0 Å². The summed E-state index contributed by atoms with van der Waals surface area (Å²) in [6.45, 7) is 0.700. The average Bonchev–Trinajstić information content (AvgIpc) is 3.14.